The van der Waals surface area contributed by atoms with Crippen LogP contribution >= 0.6 is 0 Å². The highest BCUT2D eigenvalue weighted by Gasteiger charge is 2.29. The topological polar surface area (TPSA) is 79.8 Å². The van der Waals surface area contributed by atoms with Crippen LogP contribution in [0.4, 0.5) is 18.0 Å². The summed E-state index contributed by atoms with van der Waals surface area (Å²) >= 11 is 0. The van der Waals surface area contributed by atoms with E-state index >= 15 is 0 Å². The van der Waals surface area contributed by atoms with Gasteiger partial charge in [0.15, 0.2) is 0 Å². The highest BCUT2D eigenvalue weighted by Crippen LogP contribution is 2.21. The van der Waals surface area contributed by atoms with Gasteiger partial charge in [-0.25, -0.2) is 4.79 Å². The van der Waals surface area contributed by atoms with Gasteiger partial charge in [-0.1, -0.05) is 24.3 Å². The summed E-state index contributed by atoms with van der Waals surface area (Å²) in [6.45, 7) is 0.154. The average Bonchev–Trinajstić information content (AvgIpc) is 2.60. The zero-order chi connectivity index (χ0) is 19.8. The Morgan fingerprint density at radius 1 is 1.22 bits per heavy atom. The quantitative estimate of drug-likeness (QED) is 0.637. The van der Waals surface area contributed by atoms with Crippen LogP contribution in [0.3, 0.4) is 0 Å². The molecule has 1 aromatic rings. The number of benzene rings is 1. The lowest BCUT2D eigenvalue weighted by Gasteiger charge is -2.31. The summed E-state index contributed by atoms with van der Waals surface area (Å²) < 4.78 is 45.9. The van der Waals surface area contributed by atoms with Gasteiger partial charge in [0.2, 0.25) is 0 Å². The molecule has 1 aromatic carbocycles. The van der Waals surface area contributed by atoms with Crippen LogP contribution in [-0.2, 0) is 22.6 Å². The second kappa shape index (κ2) is 9.91. The van der Waals surface area contributed by atoms with Gasteiger partial charge in [0.1, 0.15) is 6.61 Å². The van der Waals surface area contributed by atoms with E-state index in [0.29, 0.717) is 31.6 Å². The first kappa shape index (κ1) is 21.5. The number of halogens is 3. The maximum absolute atomic E-state index is 12.0. The lowest BCUT2D eigenvalue weighted by molar-refractivity contribution is -0.176. The number of ether oxygens (including phenoxy) is 2. The van der Waals surface area contributed by atoms with E-state index in [1.807, 2.05) is 0 Å². The predicted molar refractivity (Wildman–Crippen MR) is 92.0 cm³/mol. The summed E-state index contributed by atoms with van der Waals surface area (Å²) in [6.07, 6.45) is -2.45. The lowest BCUT2D eigenvalue weighted by Crippen LogP contribution is -2.43. The molecule has 6 nitrogen and oxygen atoms in total. The number of aliphatic hydroxyl groups is 1. The lowest BCUT2D eigenvalue weighted by atomic mass is 9.93. The maximum Gasteiger partial charge on any atom is 0.411 e. The van der Waals surface area contributed by atoms with Crippen molar-refractivity contribution in [1.82, 2.24) is 10.6 Å². The van der Waals surface area contributed by atoms with Crippen molar-refractivity contribution >= 4 is 6.03 Å². The van der Waals surface area contributed by atoms with Crippen molar-refractivity contribution in [2.24, 2.45) is 0 Å². The monoisotopic (exact) mass is 390 g/mol. The van der Waals surface area contributed by atoms with E-state index in [9.17, 15) is 23.1 Å². The molecule has 1 aliphatic heterocycles. The van der Waals surface area contributed by atoms with Crippen LogP contribution in [-0.4, -0.2) is 49.3 Å². The van der Waals surface area contributed by atoms with Crippen molar-refractivity contribution in [3.8, 4) is 0 Å². The molecule has 2 rings (SSSR count). The van der Waals surface area contributed by atoms with Crippen LogP contribution in [0, 0.1) is 0 Å². The standard InChI is InChI=1S/C18H25F3N2O4/c19-18(20,21)13-27-11-15-4-2-14(3-5-15)10-23-16(24)22-8-7-17(25)6-1-9-26-12-17/h2-5,25H,1,6-13H2,(H2,22,23,24). The van der Waals surface area contributed by atoms with E-state index in [1.54, 1.807) is 24.3 Å². The zero-order valence-electron chi connectivity index (χ0n) is 15.0. The van der Waals surface area contributed by atoms with Crippen LogP contribution in [0.1, 0.15) is 30.4 Å². The second-order valence-corrected chi connectivity index (χ2v) is 6.66. The first-order chi connectivity index (χ1) is 12.8. The predicted octanol–water partition coefficient (Wildman–Crippen LogP) is 2.50. The van der Waals surface area contributed by atoms with Crippen LogP contribution in [0.2, 0.25) is 0 Å². The molecule has 1 unspecified atom stereocenters. The van der Waals surface area contributed by atoms with Crippen LogP contribution in [0.5, 0.6) is 0 Å². The zero-order valence-corrected chi connectivity index (χ0v) is 15.0. The fourth-order valence-corrected chi connectivity index (χ4v) is 2.73. The summed E-state index contributed by atoms with van der Waals surface area (Å²) in [5.74, 6) is 0. The van der Waals surface area contributed by atoms with Gasteiger partial charge in [0.25, 0.3) is 0 Å². The number of amides is 2. The van der Waals surface area contributed by atoms with Gasteiger partial charge in [-0.05, 0) is 30.4 Å². The van der Waals surface area contributed by atoms with E-state index in [1.165, 1.54) is 0 Å². The average molecular weight is 390 g/mol. The molecular formula is C18H25F3N2O4. The number of alkyl halides is 3. The molecule has 1 heterocycles. The van der Waals surface area contributed by atoms with Crippen molar-refractivity contribution in [2.45, 2.75) is 44.2 Å². The highest BCUT2D eigenvalue weighted by molar-refractivity contribution is 5.73. The van der Waals surface area contributed by atoms with Crippen molar-refractivity contribution in [3.05, 3.63) is 35.4 Å². The Morgan fingerprint density at radius 2 is 1.93 bits per heavy atom. The van der Waals surface area contributed by atoms with Crippen molar-refractivity contribution in [3.63, 3.8) is 0 Å². The van der Waals surface area contributed by atoms with Gasteiger partial charge in [0.05, 0.1) is 18.8 Å². The van der Waals surface area contributed by atoms with Crippen molar-refractivity contribution in [2.75, 3.05) is 26.4 Å². The maximum atomic E-state index is 12.0. The Kier molecular flexibility index (Phi) is 7.88. The van der Waals surface area contributed by atoms with Gasteiger partial charge in [-0.2, -0.15) is 13.2 Å². The van der Waals surface area contributed by atoms with Gasteiger partial charge in [-0.15, -0.1) is 0 Å². The van der Waals surface area contributed by atoms with Crippen LogP contribution in [0.15, 0.2) is 24.3 Å². The normalized spacial score (nSPS) is 20.3. The minimum Gasteiger partial charge on any atom is -0.387 e. The number of hydrogen-bond acceptors (Lipinski definition) is 4. The number of carbonyl (C=O) groups is 1. The number of urea groups is 1. The SMILES string of the molecule is O=C(NCCC1(O)CCCOC1)NCc1ccc(COCC(F)(F)F)cc1. The Labute approximate surface area is 156 Å². The van der Waals surface area contributed by atoms with Crippen LogP contribution in [0.25, 0.3) is 0 Å². The summed E-state index contributed by atoms with van der Waals surface area (Å²) in [4.78, 5) is 11.8. The molecule has 1 atom stereocenters. The van der Waals surface area contributed by atoms with Crippen molar-refractivity contribution < 1.29 is 32.5 Å². The molecule has 0 spiro atoms. The first-order valence-corrected chi connectivity index (χ1v) is 8.80. The molecule has 152 valence electrons. The van der Waals surface area contributed by atoms with E-state index in [2.05, 4.69) is 15.4 Å². The molecule has 0 saturated carbocycles. The summed E-state index contributed by atoms with van der Waals surface area (Å²) in [6, 6.07) is 6.39. The third kappa shape index (κ3) is 8.59. The summed E-state index contributed by atoms with van der Waals surface area (Å²) in [5.41, 5.74) is 0.551. The third-order valence-corrected chi connectivity index (χ3v) is 4.19. The van der Waals surface area contributed by atoms with E-state index in [0.717, 1.165) is 12.0 Å². The molecule has 27 heavy (non-hydrogen) atoms. The molecule has 9 heteroatoms. The van der Waals surface area contributed by atoms with E-state index in [-0.39, 0.29) is 25.8 Å². The van der Waals surface area contributed by atoms with Gasteiger partial charge in [0, 0.05) is 19.7 Å². The van der Waals surface area contributed by atoms with Crippen LogP contribution < -0.4 is 10.6 Å². The summed E-state index contributed by atoms with van der Waals surface area (Å²) in [7, 11) is 0. The molecular weight excluding hydrogens is 365 g/mol. The molecule has 0 bridgehead atoms. The molecule has 0 aliphatic carbocycles. The smallest absolute Gasteiger partial charge is 0.387 e. The Balaban J connectivity index is 1.63. The van der Waals surface area contributed by atoms with Gasteiger partial charge in [-0.3, -0.25) is 0 Å². The second-order valence-electron chi connectivity index (χ2n) is 6.66. The number of rotatable bonds is 8. The molecule has 0 radical (unpaired) electrons. The first-order valence-electron chi connectivity index (χ1n) is 8.80. The highest BCUT2D eigenvalue weighted by atomic mass is 19.4. The Morgan fingerprint density at radius 3 is 2.56 bits per heavy atom. The molecule has 1 aliphatic rings. The molecule has 2 amide bonds. The van der Waals surface area contributed by atoms with Crippen molar-refractivity contribution in [1.29, 1.82) is 0 Å². The molecule has 1 fully saturated rings. The van der Waals surface area contributed by atoms with E-state index in [4.69, 9.17) is 4.74 Å². The summed E-state index contributed by atoms with van der Waals surface area (Å²) in [5, 5.41) is 15.6. The number of hydrogen-bond donors (Lipinski definition) is 3. The van der Waals surface area contributed by atoms with E-state index < -0.39 is 18.4 Å². The molecule has 1 saturated heterocycles. The Hall–Kier alpha value is -1.84. The third-order valence-electron chi connectivity index (χ3n) is 4.19. The number of nitrogens with one attached hydrogen (secondary N) is 2. The van der Waals surface area contributed by atoms with Gasteiger partial charge >= 0.3 is 12.2 Å². The van der Waals surface area contributed by atoms with Gasteiger partial charge < -0.3 is 25.2 Å². The fourth-order valence-electron chi connectivity index (χ4n) is 2.73. The Bertz CT molecular complexity index is 587. The fraction of sp³-hybridized carbons (Fsp3) is 0.611. The minimum atomic E-state index is -4.34. The largest absolute Gasteiger partial charge is 0.411 e. The number of carbonyl (C=O) groups excluding carboxylic acids is 1. The molecule has 0 aromatic heterocycles. The molecule has 3 N–H and O–H groups in total. The minimum absolute atomic E-state index is 0.125.